The molecule has 0 radical (unpaired) electrons. The molecule has 8 heteroatoms. The Balaban J connectivity index is 1.71. The average molecular weight is 388 g/mol. The highest BCUT2D eigenvalue weighted by Crippen LogP contribution is 2.27. The maximum absolute atomic E-state index is 12.7. The number of nitrogens with one attached hydrogen (secondary N) is 2. The van der Waals surface area contributed by atoms with Crippen molar-refractivity contribution in [2.45, 2.75) is 11.8 Å². The molecule has 2 aromatic heterocycles. The maximum Gasteiger partial charge on any atom is 0.262 e. The molecule has 0 aliphatic carbocycles. The zero-order chi connectivity index (χ0) is 18.3. The van der Waals surface area contributed by atoms with Gasteiger partial charge in [0, 0.05) is 0 Å². The lowest BCUT2D eigenvalue weighted by Crippen LogP contribution is -2.13. The number of H-pyrrole nitrogens is 1. The largest absolute Gasteiger partial charge is 0.458 e. The minimum Gasteiger partial charge on any atom is -0.458 e. The van der Waals surface area contributed by atoms with Crippen molar-refractivity contribution in [1.82, 2.24) is 9.97 Å². The number of aryl methyl sites for hydroxylation is 1. The van der Waals surface area contributed by atoms with Gasteiger partial charge in [0.2, 0.25) is 0 Å². The summed E-state index contributed by atoms with van der Waals surface area (Å²) in [6.45, 7) is 1.84. The topological polar surface area (TPSA) is 88.0 Å². The highest BCUT2D eigenvalue weighted by atomic mass is 35.5. The summed E-state index contributed by atoms with van der Waals surface area (Å²) >= 11 is 6.03. The third-order valence-electron chi connectivity index (χ3n) is 3.86. The summed E-state index contributed by atoms with van der Waals surface area (Å²) in [5.74, 6) is 1.91. The van der Waals surface area contributed by atoms with Crippen molar-refractivity contribution in [2.75, 3.05) is 4.72 Å². The molecule has 0 unspecified atom stereocenters. The summed E-state index contributed by atoms with van der Waals surface area (Å²) in [7, 11) is -3.78. The van der Waals surface area contributed by atoms with Crippen molar-refractivity contribution in [2.24, 2.45) is 0 Å². The zero-order valence-corrected chi connectivity index (χ0v) is 15.2. The van der Waals surface area contributed by atoms with Crippen molar-refractivity contribution in [1.29, 1.82) is 0 Å². The molecule has 0 bridgehead atoms. The number of anilines is 1. The predicted molar refractivity (Wildman–Crippen MR) is 101 cm³/mol. The van der Waals surface area contributed by atoms with Gasteiger partial charge in [0.25, 0.3) is 10.0 Å². The van der Waals surface area contributed by atoms with Gasteiger partial charge >= 0.3 is 0 Å². The molecule has 0 saturated heterocycles. The Labute approximate surface area is 154 Å². The highest BCUT2D eigenvalue weighted by Gasteiger charge is 2.17. The summed E-state index contributed by atoms with van der Waals surface area (Å²) in [4.78, 5) is 7.63. The second-order valence-corrected chi connectivity index (χ2v) is 7.85. The van der Waals surface area contributed by atoms with Gasteiger partial charge in [0.15, 0.2) is 11.6 Å². The number of hydrogen-bond donors (Lipinski definition) is 2. The molecule has 26 heavy (non-hydrogen) atoms. The molecule has 0 fully saturated rings. The van der Waals surface area contributed by atoms with E-state index in [0.29, 0.717) is 33.3 Å². The summed E-state index contributed by atoms with van der Waals surface area (Å²) < 4.78 is 33.4. The van der Waals surface area contributed by atoms with E-state index in [1.54, 1.807) is 30.3 Å². The van der Waals surface area contributed by atoms with Crippen molar-refractivity contribution in [3.8, 4) is 11.6 Å². The van der Waals surface area contributed by atoms with Gasteiger partial charge in [-0.15, -0.1) is 0 Å². The van der Waals surface area contributed by atoms with E-state index in [9.17, 15) is 8.42 Å². The first-order valence-corrected chi connectivity index (χ1v) is 9.62. The number of furan rings is 1. The lowest BCUT2D eigenvalue weighted by Gasteiger charge is -2.09. The molecule has 2 heterocycles. The van der Waals surface area contributed by atoms with E-state index in [2.05, 4.69) is 14.7 Å². The summed E-state index contributed by atoms with van der Waals surface area (Å²) in [6.07, 6.45) is 0. The molecule has 0 atom stereocenters. The van der Waals surface area contributed by atoms with Crippen LogP contribution in [0.3, 0.4) is 0 Å². The lowest BCUT2D eigenvalue weighted by molar-refractivity contribution is 0.545. The molecule has 0 amide bonds. The fraction of sp³-hybridized carbons (Fsp3) is 0.0556. The molecule has 0 saturated carbocycles. The van der Waals surface area contributed by atoms with E-state index in [1.165, 1.54) is 12.1 Å². The minimum atomic E-state index is -3.78. The van der Waals surface area contributed by atoms with Gasteiger partial charge in [-0.25, -0.2) is 13.4 Å². The molecule has 0 spiro atoms. The standard InChI is InChI=1S/C18H14ClN3O3S/c1-11-6-9-17(25-11)18-20-15-8-7-12(10-16(15)21-18)26(23,24)22-14-5-3-2-4-13(14)19/h2-10,22H,1H3,(H,20,21). The monoisotopic (exact) mass is 387 g/mol. The first-order valence-electron chi connectivity index (χ1n) is 7.76. The molecule has 4 rings (SSSR count). The highest BCUT2D eigenvalue weighted by molar-refractivity contribution is 7.92. The molecule has 0 aliphatic heterocycles. The van der Waals surface area contributed by atoms with Gasteiger partial charge < -0.3 is 9.40 Å². The van der Waals surface area contributed by atoms with E-state index in [0.717, 1.165) is 5.76 Å². The second kappa shape index (κ2) is 6.19. The van der Waals surface area contributed by atoms with Crippen LogP contribution in [0, 0.1) is 6.92 Å². The summed E-state index contributed by atoms with van der Waals surface area (Å²) in [5.41, 5.74) is 1.56. The molecule has 0 aliphatic rings. The molecule has 132 valence electrons. The van der Waals surface area contributed by atoms with E-state index < -0.39 is 10.0 Å². The van der Waals surface area contributed by atoms with E-state index in [4.69, 9.17) is 16.0 Å². The number of rotatable bonds is 4. The normalized spacial score (nSPS) is 11.8. The molecule has 2 aromatic carbocycles. The van der Waals surface area contributed by atoms with E-state index in [-0.39, 0.29) is 4.90 Å². The van der Waals surface area contributed by atoms with Gasteiger partial charge in [-0.2, -0.15) is 0 Å². The van der Waals surface area contributed by atoms with Gasteiger partial charge in [0.1, 0.15) is 5.76 Å². The summed E-state index contributed by atoms with van der Waals surface area (Å²) in [6, 6.07) is 15.0. The number of aromatic nitrogens is 2. The Kier molecular flexibility index (Phi) is 3.97. The van der Waals surface area contributed by atoms with Crippen LogP contribution >= 0.6 is 11.6 Å². The molecular weight excluding hydrogens is 374 g/mol. The van der Waals surface area contributed by atoms with Gasteiger partial charge in [-0.1, -0.05) is 23.7 Å². The van der Waals surface area contributed by atoms with Crippen LogP contribution in [0.1, 0.15) is 5.76 Å². The zero-order valence-electron chi connectivity index (χ0n) is 13.7. The van der Waals surface area contributed by atoms with E-state index in [1.807, 2.05) is 19.1 Å². The smallest absolute Gasteiger partial charge is 0.262 e. The minimum absolute atomic E-state index is 0.107. The van der Waals surface area contributed by atoms with Gasteiger partial charge in [-0.3, -0.25) is 4.72 Å². The van der Waals surface area contributed by atoms with Crippen LogP contribution < -0.4 is 4.72 Å². The number of nitrogens with zero attached hydrogens (tertiary/aromatic N) is 1. The Hall–Kier alpha value is -2.77. The molecule has 4 aromatic rings. The molecule has 6 nitrogen and oxygen atoms in total. The number of para-hydroxylation sites is 1. The van der Waals surface area contributed by atoms with Crippen molar-refractivity contribution in [3.63, 3.8) is 0 Å². The third kappa shape index (κ3) is 3.07. The summed E-state index contributed by atoms with van der Waals surface area (Å²) in [5, 5.41) is 0.328. The van der Waals surface area contributed by atoms with Crippen LogP contribution in [0.25, 0.3) is 22.6 Å². The molecular formula is C18H14ClN3O3S. The first kappa shape index (κ1) is 16.7. The van der Waals surface area contributed by atoms with Crippen LogP contribution in [0.5, 0.6) is 0 Å². The van der Waals surface area contributed by atoms with Crippen LogP contribution in [0.2, 0.25) is 5.02 Å². The average Bonchev–Trinajstić information content (AvgIpc) is 3.22. The Morgan fingerprint density at radius 3 is 2.65 bits per heavy atom. The lowest BCUT2D eigenvalue weighted by atomic mass is 10.3. The maximum atomic E-state index is 12.7. The quantitative estimate of drug-likeness (QED) is 0.536. The van der Waals surface area contributed by atoms with Gasteiger partial charge in [-0.05, 0) is 49.4 Å². The number of fused-ring (bicyclic) bond motifs is 1. The van der Waals surface area contributed by atoms with Crippen molar-refractivity contribution >= 4 is 38.3 Å². The number of imidazole rings is 1. The van der Waals surface area contributed by atoms with E-state index >= 15 is 0 Å². The fourth-order valence-electron chi connectivity index (χ4n) is 2.58. The number of aromatic amines is 1. The van der Waals surface area contributed by atoms with Crippen molar-refractivity contribution in [3.05, 3.63) is 65.4 Å². The molecule has 2 N–H and O–H groups in total. The number of sulfonamides is 1. The number of halogens is 1. The number of benzene rings is 2. The number of hydrogen-bond acceptors (Lipinski definition) is 4. The second-order valence-electron chi connectivity index (χ2n) is 5.76. The van der Waals surface area contributed by atoms with Crippen LogP contribution in [0.4, 0.5) is 5.69 Å². The van der Waals surface area contributed by atoms with Crippen molar-refractivity contribution < 1.29 is 12.8 Å². The third-order valence-corrected chi connectivity index (χ3v) is 5.55. The van der Waals surface area contributed by atoms with Crippen LogP contribution in [0.15, 0.2) is 63.9 Å². The first-order chi connectivity index (χ1) is 12.4. The SMILES string of the molecule is Cc1ccc(-c2nc3ccc(S(=O)(=O)Nc4ccccc4Cl)cc3[nH]2)o1. The predicted octanol–water partition coefficient (Wildman–Crippen LogP) is 4.59. The van der Waals surface area contributed by atoms with Gasteiger partial charge in [0.05, 0.1) is 26.6 Å². The Morgan fingerprint density at radius 1 is 1.12 bits per heavy atom. The Bertz CT molecular complexity index is 1210. The van der Waals surface area contributed by atoms with Crippen LogP contribution in [-0.2, 0) is 10.0 Å². The Morgan fingerprint density at radius 2 is 1.92 bits per heavy atom. The fourth-order valence-corrected chi connectivity index (χ4v) is 3.93. The van der Waals surface area contributed by atoms with Crippen LogP contribution in [-0.4, -0.2) is 18.4 Å².